The molecule has 0 radical (unpaired) electrons. The van der Waals surface area contributed by atoms with Crippen LogP contribution in [-0.4, -0.2) is 124 Å². The molecule has 310 valence electrons. The number of nitrogens with zero attached hydrogens (tertiary/aromatic N) is 5. The molecule has 59 heavy (non-hydrogen) atoms. The minimum atomic E-state index is -1.02. The SMILES string of the molecule is CN(C)[C@H](C(=O)N1CCCC1C(=O)Nc1ccc(-c2cnc(-c3ccc(NC(=O)C4CCCN4C(=O)[C@H]([C@H](O)c4ccsc4)N(C)C)cc3)o2)cc1)[C@H](O)c1ccsc1. The number of likely N-dealkylation sites (tertiary alicyclic amines) is 2. The van der Waals surface area contributed by atoms with Gasteiger partial charge in [0, 0.05) is 35.6 Å². The molecule has 4 amide bonds. The molecule has 2 aliphatic heterocycles. The molecule has 5 heterocycles. The molecular weight excluding hydrogens is 791 g/mol. The highest BCUT2D eigenvalue weighted by Crippen LogP contribution is 2.31. The van der Waals surface area contributed by atoms with Crippen LogP contribution in [0.15, 0.2) is 92.8 Å². The molecule has 0 saturated carbocycles. The van der Waals surface area contributed by atoms with Gasteiger partial charge in [-0.05, 0) is 147 Å². The highest BCUT2D eigenvalue weighted by molar-refractivity contribution is 7.08. The Morgan fingerprint density at radius 1 is 0.695 bits per heavy atom. The van der Waals surface area contributed by atoms with E-state index >= 15 is 0 Å². The van der Waals surface area contributed by atoms with Crippen LogP contribution >= 0.6 is 22.7 Å². The van der Waals surface area contributed by atoms with Crippen molar-refractivity contribution in [1.82, 2.24) is 24.6 Å². The molecule has 14 nitrogen and oxygen atoms in total. The Bertz CT molecular complexity index is 2050. The van der Waals surface area contributed by atoms with E-state index < -0.39 is 36.4 Å². The van der Waals surface area contributed by atoms with Gasteiger partial charge in [0.15, 0.2) is 5.76 Å². The third-order valence-electron chi connectivity index (χ3n) is 11.0. The first-order valence-electron chi connectivity index (χ1n) is 19.5. The van der Waals surface area contributed by atoms with Crippen LogP contribution in [0.1, 0.15) is 49.0 Å². The number of aliphatic hydroxyl groups excluding tert-OH is 2. The number of likely N-dealkylation sites (N-methyl/N-ethyl adjacent to an activating group) is 2. The molecule has 0 aliphatic carbocycles. The third-order valence-corrected chi connectivity index (χ3v) is 12.4. The number of nitrogens with one attached hydrogen (secondary N) is 2. The van der Waals surface area contributed by atoms with E-state index in [2.05, 4.69) is 15.6 Å². The first kappa shape index (κ1) is 41.9. The van der Waals surface area contributed by atoms with E-state index in [4.69, 9.17) is 4.42 Å². The van der Waals surface area contributed by atoms with Crippen molar-refractivity contribution < 1.29 is 33.8 Å². The normalized spacial score (nSPS) is 18.8. The molecule has 0 bridgehead atoms. The number of benzene rings is 2. The van der Waals surface area contributed by atoms with Crippen molar-refractivity contribution in [2.75, 3.05) is 51.9 Å². The molecule has 5 aromatic rings. The number of anilines is 2. The lowest BCUT2D eigenvalue weighted by Gasteiger charge is -2.33. The van der Waals surface area contributed by atoms with Crippen LogP contribution in [0.25, 0.3) is 22.8 Å². The fourth-order valence-corrected chi connectivity index (χ4v) is 9.26. The van der Waals surface area contributed by atoms with Gasteiger partial charge in [-0.15, -0.1) is 0 Å². The maximum Gasteiger partial charge on any atom is 0.247 e. The van der Waals surface area contributed by atoms with Gasteiger partial charge in [0.05, 0.1) is 6.20 Å². The number of hydrogen-bond acceptors (Lipinski definition) is 12. The second kappa shape index (κ2) is 18.4. The summed E-state index contributed by atoms with van der Waals surface area (Å²) in [6.45, 7) is 0.868. The molecule has 16 heteroatoms. The molecule has 3 aromatic heterocycles. The van der Waals surface area contributed by atoms with Gasteiger partial charge in [0.25, 0.3) is 0 Å². The van der Waals surface area contributed by atoms with Crippen LogP contribution in [0.2, 0.25) is 0 Å². The van der Waals surface area contributed by atoms with Gasteiger partial charge < -0.3 is 35.1 Å². The number of hydrogen-bond donors (Lipinski definition) is 4. The summed E-state index contributed by atoms with van der Waals surface area (Å²) in [5.41, 5.74) is 3.91. The highest BCUT2D eigenvalue weighted by atomic mass is 32.1. The van der Waals surface area contributed by atoms with E-state index in [1.165, 1.54) is 22.7 Å². The van der Waals surface area contributed by atoms with Gasteiger partial charge in [-0.3, -0.25) is 29.0 Å². The number of aromatic nitrogens is 1. The number of amides is 4. The summed E-state index contributed by atoms with van der Waals surface area (Å²) in [5, 5.41) is 35.4. The van der Waals surface area contributed by atoms with Crippen molar-refractivity contribution >= 4 is 57.7 Å². The minimum absolute atomic E-state index is 0.285. The summed E-state index contributed by atoms with van der Waals surface area (Å²) >= 11 is 2.90. The molecule has 4 N–H and O–H groups in total. The standard InChI is InChI=1S/C43H49N7O7S2/c1-47(2)35(37(51)28-17-21-58-24-28)42(55)49-19-5-7-32(49)39(53)45-30-13-9-26(10-14-30)34-23-44-41(57-34)27-11-15-31(16-12-27)46-40(54)33-8-6-20-50(33)43(56)36(48(3)4)38(52)29-18-22-59-25-29/h9-18,21-25,32-33,35-38,51-52H,5-8,19-20H2,1-4H3,(H,45,53)(H,46,54)/t32?,33?,35-,36-,37+,38+/m0/s1. The summed E-state index contributed by atoms with van der Waals surface area (Å²) in [6.07, 6.45) is 2.01. The summed E-state index contributed by atoms with van der Waals surface area (Å²) in [4.78, 5) is 65.4. The topological polar surface area (TPSA) is 172 Å². The van der Waals surface area contributed by atoms with E-state index in [9.17, 15) is 29.4 Å². The molecule has 6 atom stereocenters. The largest absolute Gasteiger partial charge is 0.436 e. The summed E-state index contributed by atoms with van der Waals surface area (Å²) < 4.78 is 6.09. The second-order valence-corrected chi connectivity index (χ2v) is 16.9. The maximum atomic E-state index is 13.7. The number of carbonyl (C=O) groups excluding carboxylic acids is 4. The Balaban J connectivity index is 0.945. The molecule has 7 rings (SSSR count). The predicted octanol–water partition coefficient (Wildman–Crippen LogP) is 5.32. The zero-order valence-electron chi connectivity index (χ0n) is 33.4. The summed E-state index contributed by atoms with van der Waals surface area (Å²) in [6, 6.07) is 14.9. The van der Waals surface area contributed by atoms with Gasteiger partial charge in [0.1, 0.15) is 36.4 Å². The lowest BCUT2D eigenvalue weighted by molar-refractivity contribution is -0.144. The lowest BCUT2D eigenvalue weighted by atomic mass is 10.0. The Labute approximate surface area is 351 Å². The third kappa shape index (κ3) is 9.17. The number of aliphatic hydroxyl groups is 2. The van der Waals surface area contributed by atoms with Crippen molar-refractivity contribution in [3.8, 4) is 22.8 Å². The van der Waals surface area contributed by atoms with Crippen molar-refractivity contribution in [3.05, 3.63) is 99.5 Å². The average Bonchev–Trinajstić information content (AvgIpc) is 4.08. The fourth-order valence-electron chi connectivity index (χ4n) is 7.88. The number of carbonyl (C=O) groups is 4. The average molecular weight is 840 g/mol. The summed E-state index contributed by atoms with van der Waals surface area (Å²) in [7, 11) is 7.00. The van der Waals surface area contributed by atoms with E-state index in [1.807, 2.05) is 33.7 Å². The van der Waals surface area contributed by atoms with E-state index in [-0.39, 0.29) is 23.6 Å². The van der Waals surface area contributed by atoms with Crippen LogP contribution < -0.4 is 10.6 Å². The summed E-state index contributed by atoms with van der Waals surface area (Å²) in [5.74, 6) is -0.246. The van der Waals surface area contributed by atoms with E-state index in [1.54, 1.807) is 103 Å². The van der Waals surface area contributed by atoms with E-state index in [0.29, 0.717) is 78.5 Å². The van der Waals surface area contributed by atoms with Crippen LogP contribution in [-0.2, 0) is 19.2 Å². The number of rotatable bonds is 14. The Kier molecular flexibility index (Phi) is 13.0. The van der Waals surface area contributed by atoms with Gasteiger partial charge in [-0.1, -0.05) is 0 Å². The van der Waals surface area contributed by atoms with Crippen molar-refractivity contribution in [2.24, 2.45) is 0 Å². The monoisotopic (exact) mass is 839 g/mol. The lowest BCUT2D eigenvalue weighted by Crippen LogP contribution is -2.53. The molecule has 2 aliphatic rings. The molecular formula is C43H49N7O7S2. The van der Waals surface area contributed by atoms with Crippen molar-refractivity contribution in [2.45, 2.75) is 62.1 Å². The van der Waals surface area contributed by atoms with Crippen LogP contribution in [0, 0.1) is 0 Å². The Morgan fingerprint density at radius 3 is 1.54 bits per heavy atom. The van der Waals surface area contributed by atoms with Crippen LogP contribution in [0.4, 0.5) is 11.4 Å². The van der Waals surface area contributed by atoms with Gasteiger partial charge in [-0.2, -0.15) is 22.7 Å². The zero-order valence-corrected chi connectivity index (χ0v) is 35.0. The molecule has 2 unspecified atom stereocenters. The smallest absolute Gasteiger partial charge is 0.247 e. The molecule has 0 spiro atoms. The predicted molar refractivity (Wildman–Crippen MR) is 228 cm³/mol. The van der Waals surface area contributed by atoms with Gasteiger partial charge in [0.2, 0.25) is 29.5 Å². The van der Waals surface area contributed by atoms with Gasteiger partial charge in [-0.25, -0.2) is 4.98 Å². The second-order valence-electron chi connectivity index (χ2n) is 15.4. The van der Waals surface area contributed by atoms with Crippen molar-refractivity contribution in [1.29, 1.82) is 0 Å². The molecule has 2 saturated heterocycles. The Hall–Kier alpha value is -5.23. The quantitative estimate of drug-likeness (QED) is 0.115. The molecule has 2 fully saturated rings. The van der Waals surface area contributed by atoms with E-state index in [0.717, 1.165) is 5.56 Å². The highest BCUT2D eigenvalue weighted by Gasteiger charge is 2.42. The fraction of sp³-hybridized carbons (Fsp3) is 0.372. The number of thiophene rings is 2. The zero-order chi connectivity index (χ0) is 41.8. The van der Waals surface area contributed by atoms with Gasteiger partial charge >= 0.3 is 0 Å². The minimum Gasteiger partial charge on any atom is -0.436 e. The first-order valence-corrected chi connectivity index (χ1v) is 21.4. The first-order chi connectivity index (χ1) is 28.4. The molecule has 2 aromatic carbocycles. The number of oxazole rings is 1. The van der Waals surface area contributed by atoms with Crippen LogP contribution in [0.5, 0.6) is 0 Å². The maximum absolute atomic E-state index is 13.7. The Morgan fingerprint density at radius 2 is 1.14 bits per heavy atom. The van der Waals surface area contributed by atoms with Crippen molar-refractivity contribution in [3.63, 3.8) is 0 Å². The van der Waals surface area contributed by atoms with Crippen LogP contribution in [0.3, 0.4) is 0 Å².